The van der Waals surface area contributed by atoms with Crippen molar-refractivity contribution in [2.24, 2.45) is 0 Å². The molecule has 94 valence electrons. The first kappa shape index (κ1) is 11.1. The maximum absolute atomic E-state index is 5.05. The fourth-order valence-corrected chi connectivity index (χ4v) is 2.33. The molecule has 18 heavy (non-hydrogen) atoms. The maximum Gasteiger partial charge on any atom is 0.223 e. The Morgan fingerprint density at radius 1 is 1.39 bits per heavy atom. The molecule has 3 rings (SSSR count). The van der Waals surface area contributed by atoms with Crippen LogP contribution in [0.15, 0.2) is 23.1 Å². The predicted octanol–water partition coefficient (Wildman–Crippen LogP) is 1.55. The summed E-state index contributed by atoms with van der Waals surface area (Å²) in [6, 6.07) is 0. The average Bonchev–Trinajstić information content (AvgIpc) is 2.87. The van der Waals surface area contributed by atoms with Crippen molar-refractivity contribution in [1.29, 1.82) is 0 Å². The normalized spacial score (nSPS) is 20.1. The Morgan fingerprint density at radius 2 is 2.33 bits per heavy atom. The minimum atomic E-state index is 0.318. The molecular weight excluding hydrogens is 230 g/mol. The summed E-state index contributed by atoms with van der Waals surface area (Å²) in [6.45, 7) is 3.70. The zero-order valence-electron chi connectivity index (χ0n) is 10.3. The van der Waals surface area contributed by atoms with Gasteiger partial charge in [0.15, 0.2) is 5.82 Å². The Balaban J connectivity index is 1.76. The smallest absolute Gasteiger partial charge is 0.223 e. The summed E-state index contributed by atoms with van der Waals surface area (Å²) in [6.07, 6.45) is 7.40. The standard InChI is InChI=1S/C12H15N5O/c1-9-15-12(16-18-9)10-3-2-6-17(8-10)11-7-13-4-5-14-11/h4-5,7,10H,2-3,6,8H2,1H3/t10-/m1/s1. The number of piperidine rings is 1. The van der Waals surface area contributed by atoms with E-state index in [9.17, 15) is 0 Å². The highest BCUT2D eigenvalue weighted by molar-refractivity contribution is 5.36. The summed E-state index contributed by atoms with van der Waals surface area (Å²) in [5.74, 6) is 2.67. The van der Waals surface area contributed by atoms with Crippen molar-refractivity contribution in [3.8, 4) is 0 Å². The summed E-state index contributed by atoms with van der Waals surface area (Å²) in [5.41, 5.74) is 0. The van der Waals surface area contributed by atoms with E-state index in [0.717, 1.165) is 37.6 Å². The molecule has 0 N–H and O–H groups in total. The van der Waals surface area contributed by atoms with E-state index >= 15 is 0 Å². The summed E-state index contributed by atoms with van der Waals surface area (Å²) in [5, 5.41) is 4.02. The first-order valence-corrected chi connectivity index (χ1v) is 6.14. The molecule has 1 atom stereocenters. The molecule has 2 aromatic rings. The average molecular weight is 245 g/mol. The molecular formula is C12H15N5O. The van der Waals surface area contributed by atoms with Crippen molar-refractivity contribution < 1.29 is 4.52 Å². The third-order valence-electron chi connectivity index (χ3n) is 3.20. The molecule has 0 amide bonds. The summed E-state index contributed by atoms with van der Waals surface area (Å²) in [4.78, 5) is 15.0. The number of aryl methyl sites for hydroxylation is 1. The number of rotatable bonds is 2. The molecule has 0 spiro atoms. The van der Waals surface area contributed by atoms with Gasteiger partial charge in [0.1, 0.15) is 5.82 Å². The third kappa shape index (κ3) is 2.18. The van der Waals surface area contributed by atoms with Crippen LogP contribution in [0, 0.1) is 6.92 Å². The summed E-state index contributed by atoms with van der Waals surface area (Å²) < 4.78 is 5.05. The lowest BCUT2D eigenvalue weighted by Crippen LogP contribution is -2.35. The minimum Gasteiger partial charge on any atom is -0.355 e. The van der Waals surface area contributed by atoms with Crippen LogP contribution in [0.25, 0.3) is 0 Å². The zero-order valence-corrected chi connectivity index (χ0v) is 10.3. The Kier molecular flexibility index (Phi) is 2.92. The van der Waals surface area contributed by atoms with Crippen LogP contribution in [0.2, 0.25) is 0 Å². The first-order valence-electron chi connectivity index (χ1n) is 6.14. The van der Waals surface area contributed by atoms with Crippen molar-refractivity contribution in [3.63, 3.8) is 0 Å². The third-order valence-corrected chi connectivity index (χ3v) is 3.20. The Morgan fingerprint density at radius 3 is 3.06 bits per heavy atom. The second-order valence-corrected chi connectivity index (χ2v) is 4.52. The highest BCUT2D eigenvalue weighted by Gasteiger charge is 2.25. The van der Waals surface area contributed by atoms with Crippen molar-refractivity contribution in [2.75, 3.05) is 18.0 Å². The number of nitrogens with zero attached hydrogens (tertiary/aromatic N) is 5. The molecule has 1 aliphatic rings. The number of anilines is 1. The molecule has 0 bridgehead atoms. The van der Waals surface area contributed by atoms with Gasteiger partial charge in [0.05, 0.1) is 6.20 Å². The molecule has 6 heteroatoms. The van der Waals surface area contributed by atoms with E-state index in [-0.39, 0.29) is 0 Å². The van der Waals surface area contributed by atoms with E-state index in [1.54, 1.807) is 18.6 Å². The fourth-order valence-electron chi connectivity index (χ4n) is 2.33. The van der Waals surface area contributed by atoms with Gasteiger partial charge in [-0.15, -0.1) is 0 Å². The van der Waals surface area contributed by atoms with Gasteiger partial charge in [0.2, 0.25) is 5.89 Å². The van der Waals surface area contributed by atoms with Gasteiger partial charge in [-0.3, -0.25) is 4.98 Å². The summed E-state index contributed by atoms with van der Waals surface area (Å²) >= 11 is 0. The summed E-state index contributed by atoms with van der Waals surface area (Å²) in [7, 11) is 0. The molecule has 0 aromatic carbocycles. The van der Waals surface area contributed by atoms with Crippen LogP contribution in [0.5, 0.6) is 0 Å². The van der Waals surface area contributed by atoms with Gasteiger partial charge < -0.3 is 9.42 Å². The van der Waals surface area contributed by atoms with Crippen LogP contribution >= 0.6 is 0 Å². The molecule has 3 heterocycles. The monoisotopic (exact) mass is 245 g/mol. The second kappa shape index (κ2) is 4.72. The zero-order chi connectivity index (χ0) is 12.4. The topological polar surface area (TPSA) is 67.9 Å². The quantitative estimate of drug-likeness (QED) is 0.799. The second-order valence-electron chi connectivity index (χ2n) is 4.52. The Labute approximate surface area is 105 Å². The molecule has 0 aliphatic carbocycles. The van der Waals surface area contributed by atoms with Gasteiger partial charge >= 0.3 is 0 Å². The van der Waals surface area contributed by atoms with E-state index < -0.39 is 0 Å². The van der Waals surface area contributed by atoms with Crippen LogP contribution in [0.1, 0.15) is 30.5 Å². The first-order chi connectivity index (χ1) is 8.83. The minimum absolute atomic E-state index is 0.318. The number of hydrogen-bond acceptors (Lipinski definition) is 6. The van der Waals surface area contributed by atoms with Crippen LogP contribution < -0.4 is 4.90 Å². The molecule has 2 aromatic heterocycles. The van der Waals surface area contributed by atoms with E-state index in [4.69, 9.17) is 4.52 Å². The van der Waals surface area contributed by atoms with E-state index in [2.05, 4.69) is 25.0 Å². The van der Waals surface area contributed by atoms with E-state index in [1.165, 1.54) is 0 Å². The Bertz CT molecular complexity index is 512. The SMILES string of the molecule is Cc1nc([C@@H]2CCCN(c3cnccn3)C2)no1. The molecule has 0 unspecified atom stereocenters. The van der Waals surface area contributed by atoms with Crippen molar-refractivity contribution in [1.82, 2.24) is 20.1 Å². The van der Waals surface area contributed by atoms with Crippen LogP contribution in [-0.4, -0.2) is 33.2 Å². The Hall–Kier alpha value is -1.98. The number of hydrogen-bond donors (Lipinski definition) is 0. The van der Waals surface area contributed by atoms with Gasteiger partial charge in [-0.05, 0) is 12.8 Å². The van der Waals surface area contributed by atoms with E-state index in [0.29, 0.717) is 11.8 Å². The van der Waals surface area contributed by atoms with Crippen LogP contribution in [-0.2, 0) is 0 Å². The van der Waals surface area contributed by atoms with Gasteiger partial charge in [-0.25, -0.2) is 4.98 Å². The van der Waals surface area contributed by atoms with Crippen molar-refractivity contribution in [3.05, 3.63) is 30.3 Å². The van der Waals surface area contributed by atoms with Crippen molar-refractivity contribution >= 4 is 5.82 Å². The van der Waals surface area contributed by atoms with Gasteiger partial charge in [-0.2, -0.15) is 4.98 Å². The van der Waals surface area contributed by atoms with Gasteiger partial charge in [0.25, 0.3) is 0 Å². The van der Waals surface area contributed by atoms with Gasteiger partial charge in [0, 0.05) is 38.3 Å². The van der Waals surface area contributed by atoms with Crippen molar-refractivity contribution in [2.45, 2.75) is 25.7 Å². The number of aromatic nitrogens is 4. The maximum atomic E-state index is 5.05. The lowest BCUT2D eigenvalue weighted by atomic mass is 9.97. The molecule has 1 saturated heterocycles. The lowest BCUT2D eigenvalue weighted by Gasteiger charge is -2.31. The molecule has 0 saturated carbocycles. The molecule has 6 nitrogen and oxygen atoms in total. The highest BCUT2D eigenvalue weighted by Crippen LogP contribution is 2.27. The predicted molar refractivity (Wildman–Crippen MR) is 65.3 cm³/mol. The lowest BCUT2D eigenvalue weighted by molar-refractivity contribution is 0.376. The van der Waals surface area contributed by atoms with Crippen LogP contribution in [0.4, 0.5) is 5.82 Å². The van der Waals surface area contributed by atoms with Crippen LogP contribution in [0.3, 0.4) is 0 Å². The fraction of sp³-hybridized carbons (Fsp3) is 0.500. The molecule has 0 radical (unpaired) electrons. The van der Waals surface area contributed by atoms with E-state index in [1.807, 2.05) is 6.92 Å². The van der Waals surface area contributed by atoms with Gasteiger partial charge in [-0.1, -0.05) is 5.16 Å². The molecule has 1 fully saturated rings. The highest BCUT2D eigenvalue weighted by atomic mass is 16.5. The largest absolute Gasteiger partial charge is 0.355 e. The molecule has 1 aliphatic heterocycles.